The van der Waals surface area contributed by atoms with Crippen LogP contribution in [0.15, 0.2) is 12.1 Å². The van der Waals surface area contributed by atoms with Gasteiger partial charge < -0.3 is 9.47 Å². The van der Waals surface area contributed by atoms with Crippen molar-refractivity contribution in [3.63, 3.8) is 0 Å². The number of hydrogen-bond acceptors (Lipinski definition) is 5. The Kier molecular flexibility index (Phi) is 5.56. The first-order chi connectivity index (χ1) is 9.60. The molecule has 0 radical (unpaired) electrons. The molecule has 1 rings (SSSR count). The van der Waals surface area contributed by atoms with Crippen LogP contribution >= 0.6 is 11.3 Å². The van der Waals surface area contributed by atoms with Crippen molar-refractivity contribution in [3.05, 3.63) is 21.9 Å². The molecule has 5 heteroatoms. The van der Waals surface area contributed by atoms with Crippen molar-refractivity contribution in [1.82, 2.24) is 0 Å². The third kappa shape index (κ3) is 5.16. The molecule has 0 bridgehead atoms. The SMILES string of the molecule is CCC(C)(C)OC(=O)c1ccc(C(=O)OC(C)(C)CC)s1. The lowest BCUT2D eigenvalue weighted by atomic mass is 10.1. The normalized spacial score (nSPS) is 12.1. The zero-order chi connectivity index (χ0) is 16.3. The fourth-order valence-electron chi connectivity index (χ4n) is 1.30. The minimum atomic E-state index is -0.508. The van der Waals surface area contributed by atoms with Crippen molar-refractivity contribution < 1.29 is 19.1 Å². The van der Waals surface area contributed by atoms with Crippen LogP contribution in [0.1, 0.15) is 73.7 Å². The van der Waals surface area contributed by atoms with E-state index in [2.05, 4.69) is 0 Å². The molecule has 4 nitrogen and oxygen atoms in total. The first-order valence-corrected chi connectivity index (χ1v) is 7.98. The quantitative estimate of drug-likeness (QED) is 0.729. The van der Waals surface area contributed by atoms with Gasteiger partial charge in [-0.25, -0.2) is 9.59 Å². The van der Waals surface area contributed by atoms with Gasteiger partial charge in [0.1, 0.15) is 21.0 Å². The number of thiophene rings is 1. The second-order valence-corrected chi connectivity index (χ2v) is 7.25. The number of hydrogen-bond donors (Lipinski definition) is 0. The molecule has 1 aromatic rings. The predicted molar refractivity (Wildman–Crippen MR) is 83.9 cm³/mol. The van der Waals surface area contributed by atoms with Gasteiger partial charge in [-0.05, 0) is 52.7 Å². The van der Waals surface area contributed by atoms with E-state index in [-0.39, 0.29) is 0 Å². The second kappa shape index (κ2) is 6.60. The fourth-order valence-corrected chi connectivity index (χ4v) is 2.06. The highest BCUT2D eigenvalue weighted by molar-refractivity contribution is 7.15. The molecule has 21 heavy (non-hydrogen) atoms. The van der Waals surface area contributed by atoms with E-state index >= 15 is 0 Å². The molecule has 0 saturated carbocycles. The van der Waals surface area contributed by atoms with Crippen LogP contribution in [0, 0.1) is 0 Å². The van der Waals surface area contributed by atoms with Crippen molar-refractivity contribution in [3.8, 4) is 0 Å². The zero-order valence-electron chi connectivity index (χ0n) is 13.6. The van der Waals surface area contributed by atoms with Gasteiger partial charge >= 0.3 is 11.9 Å². The molecular weight excluding hydrogens is 288 g/mol. The summed E-state index contributed by atoms with van der Waals surface area (Å²) in [7, 11) is 0. The summed E-state index contributed by atoms with van der Waals surface area (Å²) < 4.78 is 10.8. The molecular formula is C16H24O4S. The van der Waals surface area contributed by atoms with E-state index in [1.165, 1.54) is 0 Å². The number of carbonyl (C=O) groups is 2. The Morgan fingerprint density at radius 1 is 0.905 bits per heavy atom. The van der Waals surface area contributed by atoms with E-state index < -0.39 is 23.1 Å². The van der Waals surface area contributed by atoms with E-state index in [9.17, 15) is 9.59 Å². The van der Waals surface area contributed by atoms with Gasteiger partial charge in [0.2, 0.25) is 0 Å². The van der Waals surface area contributed by atoms with Crippen LogP contribution in [-0.4, -0.2) is 23.1 Å². The van der Waals surface area contributed by atoms with E-state index in [1.54, 1.807) is 12.1 Å². The van der Waals surface area contributed by atoms with Crippen molar-refractivity contribution in [1.29, 1.82) is 0 Å². The third-order valence-corrected chi connectivity index (χ3v) is 4.49. The maximum absolute atomic E-state index is 12.0. The summed E-state index contributed by atoms with van der Waals surface area (Å²) in [4.78, 5) is 24.9. The van der Waals surface area contributed by atoms with Gasteiger partial charge in [-0.2, -0.15) is 0 Å². The monoisotopic (exact) mass is 312 g/mol. The Morgan fingerprint density at radius 2 is 1.24 bits per heavy atom. The second-order valence-electron chi connectivity index (χ2n) is 6.17. The van der Waals surface area contributed by atoms with E-state index in [0.29, 0.717) is 9.75 Å². The van der Waals surface area contributed by atoms with Crippen molar-refractivity contribution in [2.24, 2.45) is 0 Å². The number of carbonyl (C=O) groups excluding carboxylic acids is 2. The molecule has 0 spiro atoms. The first kappa shape index (κ1) is 17.7. The molecule has 0 unspecified atom stereocenters. The van der Waals surface area contributed by atoms with Gasteiger partial charge in [-0.3, -0.25) is 0 Å². The van der Waals surface area contributed by atoms with Gasteiger partial charge in [-0.15, -0.1) is 11.3 Å². The maximum atomic E-state index is 12.0. The zero-order valence-corrected chi connectivity index (χ0v) is 14.4. The van der Waals surface area contributed by atoms with Crippen molar-refractivity contribution in [2.45, 2.75) is 65.6 Å². The topological polar surface area (TPSA) is 52.6 Å². The molecule has 0 aliphatic heterocycles. The van der Waals surface area contributed by atoms with Crippen molar-refractivity contribution in [2.75, 3.05) is 0 Å². The highest BCUT2D eigenvalue weighted by Crippen LogP contribution is 2.24. The van der Waals surface area contributed by atoms with Crippen molar-refractivity contribution >= 4 is 23.3 Å². The summed E-state index contributed by atoms with van der Waals surface area (Å²) in [5.74, 6) is -0.804. The van der Waals surface area contributed by atoms with Crippen LogP contribution in [0.3, 0.4) is 0 Å². The Labute approximate surface area is 130 Å². The van der Waals surface area contributed by atoms with Gasteiger partial charge in [0.15, 0.2) is 0 Å². The summed E-state index contributed by atoms with van der Waals surface area (Å²) in [5, 5.41) is 0. The molecule has 0 atom stereocenters. The summed E-state index contributed by atoms with van der Waals surface area (Å²) in [6, 6.07) is 3.21. The Bertz CT molecular complexity index is 470. The molecule has 1 heterocycles. The summed E-state index contributed by atoms with van der Waals surface area (Å²) in [6.07, 6.45) is 1.45. The average molecular weight is 312 g/mol. The molecule has 118 valence electrons. The molecule has 0 aliphatic carbocycles. The van der Waals surface area contributed by atoms with E-state index in [0.717, 1.165) is 24.2 Å². The minimum absolute atomic E-state index is 0.402. The Hall–Kier alpha value is -1.36. The van der Waals surface area contributed by atoms with Crippen LogP contribution in [0.2, 0.25) is 0 Å². The molecule has 0 amide bonds. The molecule has 1 aromatic heterocycles. The van der Waals surface area contributed by atoms with E-state index in [4.69, 9.17) is 9.47 Å². The molecule has 0 aliphatic rings. The van der Waals surface area contributed by atoms with Crippen LogP contribution in [0.25, 0.3) is 0 Å². The largest absolute Gasteiger partial charge is 0.455 e. The molecule has 0 N–H and O–H groups in total. The fraction of sp³-hybridized carbons (Fsp3) is 0.625. The van der Waals surface area contributed by atoms with Gasteiger partial charge in [-0.1, -0.05) is 13.8 Å². The van der Waals surface area contributed by atoms with Gasteiger partial charge in [0.25, 0.3) is 0 Å². The van der Waals surface area contributed by atoms with Gasteiger partial charge in [0.05, 0.1) is 0 Å². The summed E-state index contributed by atoms with van der Waals surface area (Å²) >= 11 is 1.10. The highest BCUT2D eigenvalue weighted by atomic mass is 32.1. The number of rotatable bonds is 6. The number of ether oxygens (including phenoxy) is 2. The van der Waals surface area contributed by atoms with Gasteiger partial charge in [0, 0.05) is 0 Å². The Balaban J connectivity index is 2.77. The van der Waals surface area contributed by atoms with Crippen LogP contribution in [-0.2, 0) is 9.47 Å². The lowest BCUT2D eigenvalue weighted by Crippen LogP contribution is -2.27. The predicted octanol–water partition coefficient (Wildman–Crippen LogP) is 4.44. The summed E-state index contributed by atoms with van der Waals surface area (Å²) in [6.45, 7) is 11.3. The molecule has 0 aromatic carbocycles. The minimum Gasteiger partial charge on any atom is -0.455 e. The lowest BCUT2D eigenvalue weighted by molar-refractivity contribution is -0.00280. The third-order valence-electron chi connectivity index (χ3n) is 3.45. The van der Waals surface area contributed by atoms with Crippen LogP contribution < -0.4 is 0 Å². The Morgan fingerprint density at radius 3 is 1.52 bits per heavy atom. The lowest BCUT2D eigenvalue weighted by Gasteiger charge is -2.23. The highest BCUT2D eigenvalue weighted by Gasteiger charge is 2.25. The molecule has 0 saturated heterocycles. The van der Waals surface area contributed by atoms with E-state index in [1.807, 2.05) is 41.5 Å². The summed E-state index contributed by atoms with van der Waals surface area (Å²) in [5.41, 5.74) is -1.02. The van der Waals surface area contributed by atoms with Crippen LogP contribution in [0.4, 0.5) is 0 Å². The van der Waals surface area contributed by atoms with Crippen LogP contribution in [0.5, 0.6) is 0 Å². The number of esters is 2. The first-order valence-electron chi connectivity index (χ1n) is 7.16. The molecule has 0 fully saturated rings. The average Bonchev–Trinajstić information content (AvgIpc) is 2.87. The maximum Gasteiger partial charge on any atom is 0.348 e. The smallest absolute Gasteiger partial charge is 0.348 e. The standard InChI is InChI=1S/C16H24O4S/c1-7-15(3,4)19-13(17)11-9-10-12(21-11)14(18)20-16(5,6)8-2/h9-10H,7-8H2,1-6H3.